The molecule has 200 valence electrons. The molecule has 3 aromatic heterocycles. The summed E-state index contributed by atoms with van der Waals surface area (Å²) in [5.41, 5.74) is 10.1. The van der Waals surface area contributed by atoms with Gasteiger partial charge in [-0.1, -0.05) is 0 Å². The van der Waals surface area contributed by atoms with Gasteiger partial charge in [-0.15, -0.1) is 0 Å². The van der Waals surface area contributed by atoms with Crippen LogP contribution in [0.4, 0.5) is 11.8 Å². The zero-order valence-corrected chi connectivity index (χ0v) is 19.6. The van der Waals surface area contributed by atoms with E-state index in [9.17, 15) is 14.2 Å². The average Bonchev–Trinajstić information content (AvgIpc) is 3.21. The van der Waals surface area contributed by atoms with E-state index >= 15 is 0 Å². The summed E-state index contributed by atoms with van der Waals surface area (Å²) >= 11 is 0. The van der Waals surface area contributed by atoms with Crippen LogP contribution in [0.3, 0.4) is 0 Å². The fraction of sp³-hybridized carbons (Fsp3) is 0.471. The third-order valence-corrected chi connectivity index (χ3v) is 4.81. The molecule has 0 aliphatic heterocycles. The molecule has 0 fully saturated rings. The fourth-order valence-electron chi connectivity index (χ4n) is 2.58. The summed E-state index contributed by atoms with van der Waals surface area (Å²) in [5, 5.41) is 26.7. The van der Waals surface area contributed by atoms with E-state index < -0.39 is 44.0 Å². The van der Waals surface area contributed by atoms with Crippen molar-refractivity contribution < 1.29 is 39.1 Å². The molecule has 0 saturated carbocycles. The lowest BCUT2D eigenvalue weighted by molar-refractivity contribution is -0.0488. The Kier molecular flexibility index (Phi) is 10.6. The summed E-state index contributed by atoms with van der Waals surface area (Å²) in [7, 11) is -4.31. The second kappa shape index (κ2) is 13.2. The molecule has 3 heterocycles. The molecule has 18 nitrogen and oxygen atoms in total. The average molecular weight is 534 g/mol. The maximum atomic E-state index is 11.5. The topological polar surface area (TPSA) is 287 Å². The number of nitrogens with zero attached hydrogens (tertiary/aromatic N) is 5. The molecule has 0 saturated heterocycles. The summed E-state index contributed by atoms with van der Waals surface area (Å²) in [5.74, 6) is 0.0445. The van der Waals surface area contributed by atoms with E-state index in [1.54, 1.807) is 0 Å². The zero-order chi connectivity index (χ0) is 26.9. The van der Waals surface area contributed by atoms with Gasteiger partial charge in [-0.25, -0.2) is 9.78 Å². The van der Waals surface area contributed by atoms with Gasteiger partial charge in [0.2, 0.25) is 5.95 Å². The number of nitrogen functional groups attached to an aromatic ring is 2. The van der Waals surface area contributed by atoms with Crippen molar-refractivity contribution in [2.75, 3.05) is 37.6 Å². The van der Waals surface area contributed by atoms with E-state index in [1.807, 2.05) is 0 Å². The van der Waals surface area contributed by atoms with Crippen molar-refractivity contribution in [1.82, 2.24) is 29.1 Å². The number of aliphatic hydroxyl groups is 3. The highest BCUT2D eigenvalue weighted by Gasteiger charge is 2.18. The van der Waals surface area contributed by atoms with Crippen molar-refractivity contribution in [3.05, 3.63) is 39.4 Å². The Morgan fingerprint density at radius 1 is 1.03 bits per heavy atom. The number of hydrogen-bond acceptors (Lipinski definition) is 13. The number of anilines is 2. The molecule has 0 radical (unpaired) electrons. The van der Waals surface area contributed by atoms with Crippen LogP contribution in [-0.2, 0) is 27.3 Å². The number of H-pyrrole nitrogens is 1. The van der Waals surface area contributed by atoms with Crippen LogP contribution in [0.15, 0.2) is 28.2 Å². The van der Waals surface area contributed by atoms with Gasteiger partial charge in [-0.2, -0.15) is 9.97 Å². The van der Waals surface area contributed by atoms with Crippen molar-refractivity contribution >= 4 is 30.5 Å². The van der Waals surface area contributed by atoms with Crippen molar-refractivity contribution in [1.29, 1.82) is 0 Å². The standard InChI is InChI=1S/C9H13N5O4.C8H14N3O6P/c10-9-12-7-6(8(17)13-9)11-3-14(7)4-18-5(1-15)2-16;9-7-1-2-11(8(13)10-7)3-6(4-12)17-5-18(14,15)16/h3,5,15-16H,1-2,4H2,(H3,10,12,13,17);1-2,6,12H,3-5H2,(H2,9,10,13)(H2,14,15,16). The number of rotatable bonds is 11. The first-order chi connectivity index (χ1) is 17.0. The van der Waals surface area contributed by atoms with Crippen LogP contribution in [0.2, 0.25) is 0 Å². The Morgan fingerprint density at radius 3 is 2.28 bits per heavy atom. The second-order valence-electron chi connectivity index (χ2n) is 7.17. The van der Waals surface area contributed by atoms with Crippen molar-refractivity contribution in [2.45, 2.75) is 25.5 Å². The van der Waals surface area contributed by atoms with Gasteiger partial charge in [-0.3, -0.25) is 23.5 Å². The molecule has 0 aliphatic rings. The normalized spacial score (nSPS) is 12.5. The van der Waals surface area contributed by atoms with Gasteiger partial charge in [0.05, 0.1) is 38.8 Å². The summed E-state index contributed by atoms with van der Waals surface area (Å²) in [6.45, 7) is -1.18. The highest BCUT2D eigenvalue weighted by molar-refractivity contribution is 7.51. The van der Waals surface area contributed by atoms with Gasteiger partial charge in [0.25, 0.3) is 5.56 Å². The summed E-state index contributed by atoms with van der Waals surface area (Å²) < 4.78 is 23.2. The molecule has 0 spiro atoms. The van der Waals surface area contributed by atoms with Gasteiger partial charge in [0.15, 0.2) is 11.2 Å². The summed E-state index contributed by atoms with van der Waals surface area (Å²) in [4.78, 5) is 53.7. The molecule has 36 heavy (non-hydrogen) atoms. The van der Waals surface area contributed by atoms with Gasteiger partial charge in [0.1, 0.15) is 25.0 Å². The molecule has 1 unspecified atom stereocenters. The predicted molar refractivity (Wildman–Crippen MR) is 123 cm³/mol. The van der Waals surface area contributed by atoms with Crippen molar-refractivity contribution in [2.24, 2.45) is 0 Å². The van der Waals surface area contributed by atoms with Gasteiger partial charge in [0, 0.05) is 6.20 Å². The van der Waals surface area contributed by atoms with E-state index in [0.717, 1.165) is 4.57 Å². The van der Waals surface area contributed by atoms with E-state index in [0.29, 0.717) is 0 Å². The molecule has 10 N–H and O–H groups in total. The van der Waals surface area contributed by atoms with Crippen LogP contribution < -0.4 is 22.7 Å². The Hall–Kier alpha value is -3.22. The number of fused-ring (bicyclic) bond motifs is 1. The lowest BCUT2D eigenvalue weighted by Crippen LogP contribution is -2.32. The Balaban J connectivity index is 0.000000254. The third kappa shape index (κ3) is 8.77. The van der Waals surface area contributed by atoms with Crippen molar-refractivity contribution in [3.8, 4) is 0 Å². The Morgan fingerprint density at radius 2 is 1.69 bits per heavy atom. The zero-order valence-electron chi connectivity index (χ0n) is 18.7. The number of nitrogens with two attached hydrogens (primary N) is 2. The van der Waals surface area contributed by atoms with Crippen LogP contribution >= 0.6 is 7.60 Å². The molecule has 19 heteroatoms. The number of nitrogens with one attached hydrogen (secondary N) is 1. The number of imidazole rings is 1. The molecule has 1 atom stereocenters. The number of ether oxygens (including phenoxy) is 2. The summed E-state index contributed by atoms with van der Waals surface area (Å²) in [6, 6.07) is 1.39. The number of hydrogen-bond donors (Lipinski definition) is 8. The van der Waals surface area contributed by atoms with Crippen molar-refractivity contribution in [3.63, 3.8) is 0 Å². The van der Waals surface area contributed by atoms with Gasteiger partial charge >= 0.3 is 13.3 Å². The minimum atomic E-state index is -4.31. The smallest absolute Gasteiger partial charge is 0.350 e. The Bertz CT molecular complexity index is 1280. The first kappa shape index (κ1) is 29.0. The van der Waals surface area contributed by atoms with E-state index in [4.69, 9.17) is 46.0 Å². The van der Waals surface area contributed by atoms with Crippen LogP contribution in [0.5, 0.6) is 0 Å². The molecule has 3 aromatic rings. The van der Waals surface area contributed by atoms with Crippen LogP contribution in [0.25, 0.3) is 11.2 Å². The molecule has 0 bridgehead atoms. The van der Waals surface area contributed by atoms with Gasteiger partial charge < -0.3 is 46.0 Å². The molecule has 0 amide bonds. The van der Waals surface area contributed by atoms with E-state index in [1.165, 1.54) is 23.2 Å². The van der Waals surface area contributed by atoms with E-state index in [-0.39, 0.29) is 49.4 Å². The molecular formula is C17H27N8O10P. The third-order valence-electron chi connectivity index (χ3n) is 4.33. The van der Waals surface area contributed by atoms with Crippen LogP contribution in [0, 0.1) is 0 Å². The minimum Gasteiger partial charge on any atom is -0.394 e. The molecule has 0 aliphatic carbocycles. The SMILES string of the molecule is Nc1ccn(CC(CO)OCP(=O)(O)O)c(=O)n1.Nc1nc2c(ncn2COC(CO)CO)c(=O)[nH]1. The Labute approximate surface area is 201 Å². The number of aromatic amines is 1. The first-order valence-corrected chi connectivity index (χ1v) is 11.9. The maximum absolute atomic E-state index is 11.5. The largest absolute Gasteiger partial charge is 0.394 e. The number of aromatic nitrogens is 6. The van der Waals surface area contributed by atoms with Gasteiger partial charge in [-0.05, 0) is 6.07 Å². The molecule has 0 aromatic carbocycles. The van der Waals surface area contributed by atoms with E-state index in [2.05, 4.69) is 19.9 Å². The second-order valence-corrected chi connectivity index (χ2v) is 8.76. The summed E-state index contributed by atoms with van der Waals surface area (Å²) in [6.07, 6.45) is 0.296. The highest BCUT2D eigenvalue weighted by Crippen LogP contribution is 2.34. The first-order valence-electron chi connectivity index (χ1n) is 10.1. The quantitative estimate of drug-likeness (QED) is 0.110. The molecular weight excluding hydrogens is 507 g/mol. The van der Waals surface area contributed by atoms with Crippen LogP contribution in [0.1, 0.15) is 0 Å². The van der Waals surface area contributed by atoms with Crippen LogP contribution in [-0.4, -0.2) is 92.6 Å². The fourth-order valence-corrected chi connectivity index (χ4v) is 2.99. The monoisotopic (exact) mass is 534 g/mol. The number of aliphatic hydroxyl groups excluding tert-OH is 3. The maximum Gasteiger partial charge on any atom is 0.350 e. The molecule has 3 rings (SSSR count). The lowest BCUT2D eigenvalue weighted by Gasteiger charge is -2.16. The lowest BCUT2D eigenvalue weighted by atomic mass is 10.3. The predicted octanol–water partition coefficient (Wildman–Crippen LogP) is -3.63. The minimum absolute atomic E-state index is 0.00181. The highest BCUT2D eigenvalue weighted by atomic mass is 31.2.